The van der Waals surface area contributed by atoms with Gasteiger partial charge in [-0.2, -0.15) is 0 Å². The van der Waals surface area contributed by atoms with Gasteiger partial charge < -0.3 is 20.8 Å². The van der Waals surface area contributed by atoms with Crippen molar-refractivity contribution in [2.24, 2.45) is 9.98 Å². The Morgan fingerprint density at radius 1 is 0.667 bits per heavy atom. The van der Waals surface area contributed by atoms with Gasteiger partial charge in [0.1, 0.15) is 11.5 Å². The van der Waals surface area contributed by atoms with Crippen LogP contribution in [0.2, 0.25) is 0 Å². The number of phenolic OH excluding ortho intramolecular Hbond substituents is 2. The Balaban J connectivity index is 0.00000364. The second-order valence-electron chi connectivity index (χ2n) is 5.69. The molecule has 4 N–H and O–H groups in total. The molecule has 0 bridgehead atoms. The molecular formula is C20H26CuN4O2+2. The van der Waals surface area contributed by atoms with E-state index in [9.17, 15) is 10.2 Å². The molecule has 0 aliphatic rings. The molecule has 0 aliphatic carbocycles. The molecule has 0 fully saturated rings. The number of aliphatic imine (C=N–C) groups is 2. The van der Waals surface area contributed by atoms with Crippen molar-refractivity contribution in [2.75, 3.05) is 39.3 Å². The van der Waals surface area contributed by atoms with Crippen LogP contribution in [0.1, 0.15) is 11.1 Å². The van der Waals surface area contributed by atoms with Crippen molar-refractivity contribution < 1.29 is 27.3 Å². The van der Waals surface area contributed by atoms with Crippen molar-refractivity contribution in [1.82, 2.24) is 10.6 Å². The Morgan fingerprint density at radius 2 is 1.07 bits per heavy atom. The van der Waals surface area contributed by atoms with E-state index in [1.807, 2.05) is 24.3 Å². The number of rotatable bonds is 11. The minimum Gasteiger partial charge on any atom is -0.507 e. The second-order valence-corrected chi connectivity index (χ2v) is 5.69. The molecule has 0 spiro atoms. The average molecular weight is 418 g/mol. The summed E-state index contributed by atoms with van der Waals surface area (Å²) in [6, 6.07) is 14.3. The Hall–Kier alpha value is -2.18. The summed E-state index contributed by atoms with van der Waals surface area (Å²) in [6.07, 6.45) is 3.38. The third-order valence-electron chi connectivity index (χ3n) is 3.65. The van der Waals surface area contributed by atoms with Gasteiger partial charge in [0, 0.05) is 49.7 Å². The summed E-state index contributed by atoms with van der Waals surface area (Å²) in [4.78, 5) is 8.58. The number of benzene rings is 2. The molecule has 2 rings (SSSR count). The quantitative estimate of drug-likeness (QED) is 0.255. The summed E-state index contributed by atoms with van der Waals surface area (Å²) in [5, 5.41) is 25.8. The summed E-state index contributed by atoms with van der Waals surface area (Å²) in [5.74, 6) is 0.497. The van der Waals surface area contributed by atoms with Crippen molar-refractivity contribution in [3.8, 4) is 11.5 Å². The van der Waals surface area contributed by atoms with Crippen LogP contribution < -0.4 is 10.6 Å². The zero-order valence-electron chi connectivity index (χ0n) is 15.1. The Kier molecular flexibility index (Phi) is 11.8. The predicted molar refractivity (Wildman–Crippen MR) is 107 cm³/mol. The van der Waals surface area contributed by atoms with Gasteiger partial charge in [0.15, 0.2) is 0 Å². The van der Waals surface area contributed by atoms with E-state index in [1.54, 1.807) is 36.7 Å². The van der Waals surface area contributed by atoms with Crippen molar-refractivity contribution >= 4 is 12.4 Å². The van der Waals surface area contributed by atoms with Gasteiger partial charge in [0.25, 0.3) is 0 Å². The largest absolute Gasteiger partial charge is 2.00 e. The minimum atomic E-state index is 0. The Morgan fingerprint density at radius 3 is 1.48 bits per heavy atom. The summed E-state index contributed by atoms with van der Waals surface area (Å²) < 4.78 is 0. The van der Waals surface area contributed by atoms with Crippen molar-refractivity contribution in [2.45, 2.75) is 0 Å². The molecule has 0 saturated heterocycles. The van der Waals surface area contributed by atoms with E-state index in [1.165, 1.54) is 0 Å². The first-order valence-corrected chi connectivity index (χ1v) is 8.74. The fourth-order valence-corrected chi connectivity index (χ4v) is 2.23. The van der Waals surface area contributed by atoms with Gasteiger partial charge in [-0.15, -0.1) is 0 Å². The van der Waals surface area contributed by atoms with Crippen LogP contribution in [0.4, 0.5) is 0 Å². The molecule has 0 heterocycles. The van der Waals surface area contributed by atoms with E-state index < -0.39 is 0 Å². The van der Waals surface area contributed by atoms with Gasteiger partial charge in [-0.05, 0) is 24.3 Å². The molecule has 0 unspecified atom stereocenters. The second kappa shape index (κ2) is 13.9. The third kappa shape index (κ3) is 9.35. The van der Waals surface area contributed by atoms with E-state index in [4.69, 9.17) is 0 Å². The van der Waals surface area contributed by atoms with E-state index in [0.29, 0.717) is 13.1 Å². The summed E-state index contributed by atoms with van der Waals surface area (Å²) in [7, 11) is 0. The normalized spacial score (nSPS) is 11.1. The molecule has 0 atom stereocenters. The van der Waals surface area contributed by atoms with Gasteiger partial charge in [0.05, 0.1) is 13.1 Å². The summed E-state index contributed by atoms with van der Waals surface area (Å²) in [5.41, 5.74) is 1.47. The number of phenols is 2. The zero-order chi connectivity index (χ0) is 18.5. The van der Waals surface area contributed by atoms with Crippen LogP contribution in [-0.4, -0.2) is 61.9 Å². The maximum Gasteiger partial charge on any atom is 2.00 e. The Bertz CT molecular complexity index is 661. The first-order valence-electron chi connectivity index (χ1n) is 8.74. The van der Waals surface area contributed by atoms with Gasteiger partial charge >= 0.3 is 17.1 Å². The first kappa shape index (κ1) is 22.9. The first-order chi connectivity index (χ1) is 12.8. The molecular weight excluding hydrogens is 392 g/mol. The summed E-state index contributed by atoms with van der Waals surface area (Å²) >= 11 is 0. The number of hydrogen-bond acceptors (Lipinski definition) is 6. The van der Waals surface area contributed by atoms with Crippen LogP contribution in [0.3, 0.4) is 0 Å². The molecule has 1 radical (unpaired) electrons. The van der Waals surface area contributed by atoms with Gasteiger partial charge in [-0.25, -0.2) is 0 Å². The van der Waals surface area contributed by atoms with E-state index in [0.717, 1.165) is 37.3 Å². The molecule has 0 aromatic heterocycles. The standard InChI is InChI=1S/C20H26N4O2.Cu/c25-19-7-3-1-5-17(19)15-23-13-11-21-9-10-22-12-14-24-16-18-6-2-4-8-20(18)26;/h1-8,15-16,21-22,25-26H,9-14H2;/q;+2. The van der Waals surface area contributed by atoms with Crippen LogP contribution in [0.5, 0.6) is 11.5 Å². The molecule has 2 aromatic rings. The molecule has 7 heteroatoms. The third-order valence-corrected chi connectivity index (χ3v) is 3.65. The molecule has 0 saturated carbocycles. The van der Waals surface area contributed by atoms with Crippen molar-refractivity contribution in [3.63, 3.8) is 0 Å². The fraction of sp³-hybridized carbons (Fsp3) is 0.300. The van der Waals surface area contributed by atoms with Gasteiger partial charge in [-0.1, -0.05) is 24.3 Å². The smallest absolute Gasteiger partial charge is 0.507 e. The van der Waals surface area contributed by atoms with E-state index in [-0.39, 0.29) is 28.6 Å². The van der Waals surface area contributed by atoms with Crippen molar-refractivity contribution in [1.29, 1.82) is 0 Å². The monoisotopic (exact) mass is 417 g/mol. The predicted octanol–water partition coefficient (Wildman–Crippen LogP) is 1.81. The zero-order valence-corrected chi connectivity index (χ0v) is 16.0. The Labute approximate surface area is 170 Å². The van der Waals surface area contributed by atoms with Gasteiger partial charge in [0.2, 0.25) is 0 Å². The average Bonchev–Trinajstić information content (AvgIpc) is 2.65. The van der Waals surface area contributed by atoms with Gasteiger partial charge in [-0.3, -0.25) is 9.98 Å². The summed E-state index contributed by atoms with van der Waals surface area (Å²) in [6.45, 7) is 4.62. The molecule has 0 aliphatic heterocycles. The van der Waals surface area contributed by atoms with E-state index in [2.05, 4.69) is 20.6 Å². The van der Waals surface area contributed by atoms with Crippen LogP contribution in [0.25, 0.3) is 0 Å². The fourth-order valence-electron chi connectivity index (χ4n) is 2.23. The number of nitrogens with zero attached hydrogens (tertiary/aromatic N) is 2. The molecule has 27 heavy (non-hydrogen) atoms. The number of nitrogens with one attached hydrogen (secondary N) is 2. The van der Waals surface area contributed by atoms with Crippen LogP contribution in [0, 0.1) is 0 Å². The SMILES string of the molecule is Oc1ccccc1C=NCCNCCNCCN=Cc1ccccc1O.[Cu+2]. The minimum absolute atomic E-state index is 0. The maximum atomic E-state index is 9.61. The topological polar surface area (TPSA) is 89.2 Å². The van der Waals surface area contributed by atoms with Crippen molar-refractivity contribution in [3.05, 3.63) is 59.7 Å². The molecule has 0 amide bonds. The molecule has 6 nitrogen and oxygen atoms in total. The molecule has 147 valence electrons. The van der Waals surface area contributed by atoms with Crippen LogP contribution in [-0.2, 0) is 17.1 Å². The number of hydrogen-bond donors (Lipinski definition) is 4. The number of aromatic hydroxyl groups is 2. The van der Waals surface area contributed by atoms with Crippen LogP contribution >= 0.6 is 0 Å². The maximum absolute atomic E-state index is 9.61. The van der Waals surface area contributed by atoms with E-state index >= 15 is 0 Å². The number of para-hydroxylation sites is 2. The molecule has 2 aromatic carbocycles. The van der Waals surface area contributed by atoms with Crippen LogP contribution in [0.15, 0.2) is 58.5 Å².